The average molecular weight is 451 g/mol. The quantitative estimate of drug-likeness (QED) is 0.746. The Morgan fingerprint density at radius 3 is 2.59 bits per heavy atom. The molecule has 2 aromatic heterocycles. The summed E-state index contributed by atoms with van der Waals surface area (Å²) in [6.45, 7) is 7.70. The van der Waals surface area contributed by atoms with E-state index in [1.165, 1.54) is 12.3 Å². The molecule has 32 heavy (non-hydrogen) atoms. The number of ether oxygens (including phenoxy) is 2. The Hall–Kier alpha value is -2.33. The zero-order valence-electron chi connectivity index (χ0n) is 18.2. The van der Waals surface area contributed by atoms with Crippen LogP contribution >= 0.6 is 0 Å². The molecule has 3 saturated carbocycles. The number of fused-ring (bicyclic) bond motifs is 1. The van der Waals surface area contributed by atoms with Gasteiger partial charge < -0.3 is 19.8 Å². The minimum Gasteiger partial charge on any atom is -0.402 e. The molecule has 1 atom stereocenters. The van der Waals surface area contributed by atoms with Gasteiger partial charge in [0.1, 0.15) is 5.82 Å². The lowest BCUT2D eigenvalue weighted by Crippen LogP contribution is -2.44. The van der Waals surface area contributed by atoms with Crippen molar-refractivity contribution in [2.24, 2.45) is 5.92 Å². The van der Waals surface area contributed by atoms with E-state index in [9.17, 15) is 13.2 Å². The summed E-state index contributed by atoms with van der Waals surface area (Å²) in [5, 5.41) is 0. The standard InChI is InChI=1S/C22H28F3N5O2/c1-13(2)20-28-16(14-7-18(19(26)27-11-14)32-22(23,24)25)12-30(20)21-8-15(9-21)17(10-21)29-3-5-31-6-4-29/h7,11-13,15,17H,3-6,8-10H2,1-2H3,(H2,26,27). The van der Waals surface area contributed by atoms with Crippen LogP contribution in [0.4, 0.5) is 19.0 Å². The molecule has 4 aliphatic rings. The van der Waals surface area contributed by atoms with Crippen molar-refractivity contribution in [3.63, 3.8) is 0 Å². The van der Waals surface area contributed by atoms with Crippen LogP contribution < -0.4 is 10.5 Å². The van der Waals surface area contributed by atoms with Gasteiger partial charge in [0, 0.05) is 48.5 Å². The molecule has 10 heteroatoms. The molecule has 7 nitrogen and oxygen atoms in total. The highest BCUT2D eigenvalue weighted by molar-refractivity contribution is 5.64. The molecule has 2 bridgehead atoms. The van der Waals surface area contributed by atoms with E-state index in [1.54, 1.807) is 0 Å². The monoisotopic (exact) mass is 451 g/mol. The number of imidazole rings is 1. The summed E-state index contributed by atoms with van der Waals surface area (Å²) in [6.07, 6.45) is 1.85. The number of nitrogens with zero attached hydrogens (tertiary/aromatic N) is 4. The highest BCUT2D eigenvalue weighted by atomic mass is 19.4. The molecule has 1 saturated heterocycles. The lowest BCUT2D eigenvalue weighted by atomic mass is 9.76. The Morgan fingerprint density at radius 2 is 1.94 bits per heavy atom. The summed E-state index contributed by atoms with van der Waals surface area (Å²) >= 11 is 0. The summed E-state index contributed by atoms with van der Waals surface area (Å²) in [7, 11) is 0. The second kappa shape index (κ2) is 7.62. The Bertz CT molecular complexity index is 994. The number of halogens is 3. The molecule has 174 valence electrons. The Balaban J connectivity index is 1.45. The Morgan fingerprint density at radius 1 is 1.22 bits per heavy atom. The van der Waals surface area contributed by atoms with Gasteiger partial charge in [-0.2, -0.15) is 0 Å². The SMILES string of the molecule is CC(C)c1nc(-c2cnc(N)c(OC(F)(F)F)c2)cn1C12CC(C1)C(N1CCOCC1)C2. The number of nitrogens with two attached hydrogens (primary N) is 1. The third kappa shape index (κ3) is 3.73. The second-order valence-electron chi connectivity index (χ2n) is 9.48. The third-order valence-corrected chi connectivity index (χ3v) is 7.10. The van der Waals surface area contributed by atoms with Gasteiger partial charge in [-0.1, -0.05) is 13.8 Å². The van der Waals surface area contributed by atoms with Crippen molar-refractivity contribution in [2.45, 2.75) is 57.0 Å². The van der Waals surface area contributed by atoms with Crippen LogP contribution in [0.1, 0.15) is 44.9 Å². The topological polar surface area (TPSA) is 78.4 Å². The molecule has 2 aromatic rings. The molecule has 3 heterocycles. The molecule has 0 spiro atoms. The van der Waals surface area contributed by atoms with Crippen LogP contribution in [-0.4, -0.2) is 58.1 Å². The molecule has 6 rings (SSSR count). The summed E-state index contributed by atoms with van der Waals surface area (Å²) < 4.78 is 50.1. The Kier molecular flexibility index (Phi) is 5.12. The van der Waals surface area contributed by atoms with E-state index in [0.29, 0.717) is 23.2 Å². The fraction of sp³-hybridized carbons (Fsp3) is 0.636. The zero-order valence-corrected chi connectivity index (χ0v) is 18.2. The maximum Gasteiger partial charge on any atom is 0.573 e. The minimum atomic E-state index is -4.84. The van der Waals surface area contributed by atoms with Crippen molar-refractivity contribution in [2.75, 3.05) is 32.0 Å². The number of anilines is 1. The minimum absolute atomic E-state index is 0.0189. The molecule has 1 aliphatic heterocycles. The molecular formula is C22H28F3N5O2. The highest BCUT2D eigenvalue weighted by Crippen LogP contribution is 2.59. The zero-order chi connectivity index (χ0) is 22.7. The lowest BCUT2D eigenvalue weighted by molar-refractivity contribution is -0.274. The van der Waals surface area contributed by atoms with Gasteiger partial charge in [0.15, 0.2) is 11.6 Å². The maximum absolute atomic E-state index is 12.7. The van der Waals surface area contributed by atoms with Crippen LogP contribution in [-0.2, 0) is 10.3 Å². The smallest absolute Gasteiger partial charge is 0.402 e. The van der Waals surface area contributed by atoms with Gasteiger partial charge in [0.25, 0.3) is 0 Å². The summed E-state index contributed by atoms with van der Waals surface area (Å²) in [5.41, 5.74) is 6.65. The molecule has 3 aliphatic carbocycles. The summed E-state index contributed by atoms with van der Waals surface area (Å²) in [6, 6.07) is 1.81. The number of rotatable bonds is 5. The van der Waals surface area contributed by atoms with Crippen LogP contribution in [0.2, 0.25) is 0 Å². The van der Waals surface area contributed by atoms with Crippen LogP contribution in [0.25, 0.3) is 11.3 Å². The number of pyridine rings is 1. The van der Waals surface area contributed by atoms with Crippen LogP contribution in [0, 0.1) is 5.92 Å². The molecular weight excluding hydrogens is 423 g/mol. The second-order valence-corrected chi connectivity index (χ2v) is 9.48. The fourth-order valence-electron chi connectivity index (χ4n) is 5.66. The van der Waals surface area contributed by atoms with Gasteiger partial charge in [0.05, 0.1) is 18.9 Å². The van der Waals surface area contributed by atoms with E-state index in [4.69, 9.17) is 15.5 Å². The summed E-state index contributed by atoms with van der Waals surface area (Å²) in [5.74, 6) is 0.970. The Labute approximate surface area is 184 Å². The first-order valence-electron chi connectivity index (χ1n) is 11.1. The number of hydrogen-bond donors (Lipinski definition) is 1. The normalized spacial score (nSPS) is 28.2. The summed E-state index contributed by atoms with van der Waals surface area (Å²) in [4.78, 5) is 11.3. The van der Waals surface area contributed by atoms with Crippen molar-refractivity contribution in [3.8, 4) is 17.0 Å². The van der Waals surface area contributed by atoms with Gasteiger partial charge in [-0.05, 0) is 31.2 Å². The molecule has 0 amide bonds. The first kappa shape index (κ1) is 21.5. The van der Waals surface area contributed by atoms with E-state index in [0.717, 1.165) is 51.4 Å². The van der Waals surface area contributed by atoms with Crippen LogP contribution in [0.15, 0.2) is 18.5 Å². The van der Waals surface area contributed by atoms with E-state index in [2.05, 4.69) is 33.0 Å². The number of alkyl halides is 3. The van der Waals surface area contributed by atoms with Crippen LogP contribution in [0.3, 0.4) is 0 Å². The molecule has 2 N–H and O–H groups in total. The first-order chi connectivity index (χ1) is 15.2. The van der Waals surface area contributed by atoms with Crippen molar-refractivity contribution >= 4 is 5.82 Å². The van der Waals surface area contributed by atoms with E-state index < -0.39 is 12.1 Å². The van der Waals surface area contributed by atoms with Crippen LogP contribution in [0.5, 0.6) is 5.75 Å². The largest absolute Gasteiger partial charge is 0.573 e. The molecule has 4 fully saturated rings. The van der Waals surface area contributed by atoms with E-state index in [-0.39, 0.29) is 17.3 Å². The van der Waals surface area contributed by atoms with Crippen molar-refractivity contribution in [3.05, 3.63) is 24.3 Å². The third-order valence-electron chi connectivity index (χ3n) is 7.10. The molecule has 0 radical (unpaired) electrons. The van der Waals surface area contributed by atoms with Gasteiger partial charge in [-0.3, -0.25) is 4.90 Å². The van der Waals surface area contributed by atoms with Crippen molar-refractivity contribution in [1.29, 1.82) is 0 Å². The van der Waals surface area contributed by atoms with Gasteiger partial charge in [-0.15, -0.1) is 13.2 Å². The predicted molar refractivity (Wildman–Crippen MR) is 112 cm³/mol. The first-order valence-corrected chi connectivity index (χ1v) is 11.1. The fourth-order valence-corrected chi connectivity index (χ4v) is 5.66. The lowest BCUT2D eigenvalue weighted by Gasteiger charge is -2.41. The van der Waals surface area contributed by atoms with Gasteiger partial charge in [0.2, 0.25) is 0 Å². The molecule has 0 aromatic carbocycles. The number of aromatic nitrogens is 3. The van der Waals surface area contributed by atoms with Gasteiger partial charge in [-0.25, -0.2) is 9.97 Å². The van der Waals surface area contributed by atoms with Crippen molar-refractivity contribution in [1.82, 2.24) is 19.4 Å². The average Bonchev–Trinajstić information content (AvgIpc) is 3.40. The number of morpholine rings is 1. The van der Waals surface area contributed by atoms with Crippen molar-refractivity contribution < 1.29 is 22.6 Å². The van der Waals surface area contributed by atoms with Gasteiger partial charge >= 0.3 is 6.36 Å². The predicted octanol–water partition coefficient (Wildman–Crippen LogP) is 3.76. The number of nitrogen functional groups attached to an aromatic ring is 1. The highest BCUT2D eigenvalue weighted by Gasteiger charge is 2.59. The van der Waals surface area contributed by atoms with E-state index >= 15 is 0 Å². The van der Waals surface area contributed by atoms with E-state index in [1.807, 2.05) is 6.20 Å². The molecule has 1 unspecified atom stereocenters. The number of hydrogen-bond acceptors (Lipinski definition) is 6. The maximum atomic E-state index is 12.7.